The lowest BCUT2D eigenvalue weighted by molar-refractivity contribution is 0.916. The number of hydrogen-bond donors (Lipinski definition) is 1. The molecule has 0 bridgehead atoms. The van der Waals surface area contributed by atoms with Crippen LogP contribution in [0.5, 0.6) is 0 Å². The summed E-state index contributed by atoms with van der Waals surface area (Å²) in [6, 6.07) is 10.6. The van der Waals surface area contributed by atoms with E-state index in [0.29, 0.717) is 0 Å². The molecule has 2 heterocycles. The Morgan fingerprint density at radius 1 is 1.13 bits per heavy atom. The number of aryl methyl sites for hydroxylation is 2. The van der Waals surface area contributed by atoms with Gasteiger partial charge in [-0.3, -0.25) is 0 Å². The van der Waals surface area contributed by atoms with E-state index < -0.39 is 0 Å². The Labute approximate surface area is 144 Å². The minimum absolute atomic E-state index is 0.955. The number of anilines is 1. The second-order valence-electron chi connectivity index (χ2n) is 5.70. The first kappa shape index (κ1) is 15.0. The van der Waals surface area contributed by atoms with Gasteiger partial charge in [0.2, 0.25) is 0 Å². The molecule has 0 saturated heterocycles. The molecule has 0 atom stereocenters. The van der Waals surface area contributed by atoms with Gasteiger partial charge in [0, 0.05) is 16.3 Å². The molecular weight excluding hydrogens is 322 g/mol. The van der Waals surface area contributed by atoms with Crippen molar-refractivity contribution in [2.75, 3.05) is 17.6 Å². The van der Waals surface area contributed by atoms with E-state index in [1.807, 2.05) is 23.1 Å². The van der Waals surface area contributed by atoms with E-state index >= 15 is 0 Å². The minimum atomic E-state index is 0.955. The normalized spacial score (nSPS) is 13.4. The van der Waals surface area contributed by atoms with Gasteiger partial charge in [0.25, 0.3) is 0 Å². The molecule has 3 aromatic rings. The van der Waals surface area contributed by atoms with E-state index in [2.05, 4.69) is 45.6 Å². The monoisotopic (exact) mass is 341 g/mol. The average molecular weight is 342 g/mol. The van der Waals surface area contributed by atoms with Crippen molar-refractivity contribution in [2.24, 2.45) is 0 Å². The number of nitrogens with zero attached hydrogens (tertiary/aromatic N) is 2. The molecule has 3 nitrogen and oxygen atoms in total. The minimum Gasteiger partial charge on any atom is -0.369 e. The standard InChI is InChI=1S/C18H19N3S2/c1-2-6-13(7-3-1)22-11-5-10-19-17-16-14-8-4-9-15(14)23-18(16)21-12-20-17/h1-3,6-7,12H,4-5,8-11H2,(H,19,20,21). The predicted molar refractivity (Wildman–Crippen MR) is 99.7 cm³/mol. The fourth-order valence-corrected chi connectivity index (χ4v) is 5.15. The van der Waals surface area contributed by atoms with E-state index in [0.717, 1.165) is 29.4 Å². The van der Waals surface area contributed by atoms with E-state index in [-0.39, 0.29) is 0 Å². The average Bonchev–Trinajstić information content (AvgIpc) is 3.16. The van der Waals surface area contributed by atoms with Crippen LogP contribution < -0.4 is 5.32 Å². The van der Waals surface area contributed by atoms with Crippen LogP contribution in [0.15, 0.2) is 41.6 Å². The van der Waals surface area contributed by atoms with Crippen LogP contribution in [0, 0.1) is 0 Å². The molecule has 5 heteroatoms. The molecule has 1 aliphatic carbocycles. The fraction of sp³-hybridized carbons (Fsp3) is 0.333. The molecule has 23 heavy (non-hydrogen) atoms. The van der Waals surface area contributed by atoms with Gasteiger partial charge in [-0.05, 0) is 49.1 Å². The summed E-state index contributed by atoms with van der Waals surface area (Å²) in [5.74, 6) is 2.14. The SMILES string of the molecule is c1ccc(SCCCNc2ncnc3sc4c(c23)CCC4)cc1. The van der Waals surface area contributed by atoms with Crippen molar-refractivity contribution < 1.29 is 0 Å². The van der Waals surface area contributed by atoms with Crippen LogP contribution in [0.25, 0.3) is 10.2 Å². The molecular formula is C18H19N3S2. The lowest BCUT2D eigenvalue weighted by Crippen LogP contribution is -2.05. The summed E-state index contributed by atoms with van der Waals surface area (Å²) in [6.07, 6.45) is 6.48. The zero-order valence-electron chi connectivity index (χ0n) is 12.9. The molecule has 0 saturated carbocycles. The molecule has 118 valence electrons. The van der Waals surface area contributed by atoms with Gasteiger partial charge in [-0.2, -0.15) is 0 Å². The van der Waals surface area contributed by atoms with Gasteiger partial charge in [0.15, 0.2) is 0 Å². The third kappa shape index (κ3) is 3.21. The number of hydrogen-bond acceptors (Lipinski definition) is 5. The highest BCUT2D eigenvalue weighted by molar-refractivity contribution is 7.99. The quantitative estimate of drug-likeness (QED) is 0.517. The van der Waals surface area contributed by atoms with Crippen molar-refractivity contribution in [2.45, 2.75) is 30.6 Å². The van der Waals surface area contributed by atoms with Gasteiger partial charge in [-0.1, -0.05) is 18.2 Å². The van der Waals surface area contributed by atoms with E-state index in [1.165, 1.54) is 40.0 Å². The zero-order valence-corrected chi connectivity index (χ0v) is 14.6. The Kier molecular flexibility index (Phi) is 4.48. The van der Waals surface area contributed by atoms with Gasteiger partial charge >= 0.3 is 0 Å². The molecule has 0 radical (unpaired) electrons. The highest BCUT2D eigenvalue weighted by Gasteiger charge is 2.20. The van der Waals surface area contributed by atoms with Crippen molar-refractivity contribution in [3.05, 3.63) is 47.1 Å². The summed E-state index contributed by atoms with van der Waals surface area (Å²) in [7, 11) is 0. The molecule has 0 amide bonds. The summed E-state index contributed by atoms with van der Waals surface area (Å²) >= 11 is 3.76. The first-order valence-corrected chi connectivity index (χ1v) is 9.89. The van der Waals surface area contributed by atoms with Crippen molar-refractivity contribution in [1.29, 1.82) is 0 Å². The van der Waals surface area contributed by atoms with Gasteiger partial charge in [0.1, 0.15) is 17.0 Å². The topological polar surface area (TPSA) is 37.8 Å². The second kappa shape index (κ2) is 6.89. The van der Waals surface area contributed by atoms with Crippen molar-refractivity contribution in [3.8, 4) is 0 Å². The number of thioether (sulfide) groups is 1. The molecule has 1 aliphatic rings. The van der Waals surface area contributed by atoms with Gasteiger partial charge in [0.05, 0.1) is 5.39 Å². The predicted octanol–water partition coefficient (Wildman–Crippen LogP) is 4.77. The van der Waals surface area contributed by atoms with E-state index in [1.54, 1.807) is 6.33 Å². The van der Waals surface area contributed by atoms with Crippen LogP contribution in [0.1, 0.15) is 23.3 Å². The highest BCUT2D eigenvalue weighted by atomic mass is 32.2. The third-order valence-corrected chi connectivity index (χ3v) is 6.42. The maximum absolute atomic E-state index is 4.49. The van der Waals surface area contributed by atoms with Crippen LogP contribution in [0.3, 0.4) is 0 Å². The fourth-order valence-electron chi connectivity index (χ4n) is 3.05. The first-order chi connectivity index (χ1) is 11.4. The Morgan fingerprint density at radius 2 is 2.04 bits per heavy atom. The highest BCUT2D eigenvalue weighted by Crippen LogP contribution is 2.38. The van der Waals surface area contributed by atoms with Crippen LogP contribution in [-0.2, 0) is 12.8 Å². The molecule has 2 aromatic heterocycles. The maximum Gasteiger partial charge on any atom is 0.138 e. The summed E-state index contributed by atoms with van der Waals surface area (Å²) < 4.78 is 0. The van der Waals surface area contributed by atoms with Crippen LogP contribution in [0.2, 0.25) is 0 Å². The van der Waals surface area contributed by atoms with Crippen LogP contribution >= 0.6 is 23.1 Å². The first-order valence-electron chi connectivity index (χ1n) is 8.09. The molecule has 4 rings (SSSR count). The molecule has 0 fully saturated rings. The summed E-state index contributed by atoms with van der Waals surface area (Å²) in [4.78, 5) is 12.9. The summed E-state index contributed by atoms with van der Waals surface area (Å²) in [6.45, 7) is 0.955. The lowest BCUT2D eigenvalue weighted by Gasteiger charge is -2.07. The smallest absolute Gasteiger partial charge is 0.138 e. The molecule has 0 unspecified atom stereocenters. The second-order valence-corrected chi connectivity index (χ2v) is 7.95. The summed E-state index contributed by atoms with van der Waals surface area (Å²) in [5, 5.41) is 4.81. The summed E-state index contributed by atoms with van der Waals surface area (Å²) in [5.41, 5.74) is 1.49. The Bertz CT molecular complexity index is 799. The van der Waals surface area contributed by atoms with Crippen LogP contribution in [-0.4, -0.2) is 22.3 Å². The largest absolute Gasteiger partial charge is 0.369 e. The molecule has 1 N–H and O–H groups in total. The number of aromatic nitrogens is 2. The number of thiophene rings is 1. The van der Waals surface area contributed by atoms with Crippen molar-refractivity contribution in [1.82, 2.24) is 9.97 Å². The zero-order chi connectivity index (χ0) is 15.5. The molecule has 0 spiro atoms. The van der Waals surface area contributed by atoms with Gasteiger partial charge < -0.3 is 5.32 Å². The Balaban J connectivity index is 1.37. The van der Waals surface area contributed by atoms with E-state index in [9.17, 15) is 0 Å². The Morgan fingerprint density at radius 3 is 2.96 bits per heavy atom. The van der Waals surface area contributed by atoms with E-state index in [4.69, 9.17) is 0 Å². The molecule has 0 aliphatic heterocycles. The molecule has 1 aromatic carbocycles. The number of nitrogens with one attached hydrogen (secondary N) is 1. The maximum atomic E-state index is 4.49. The third-order valence-electron chi connectivity index (χ3n) is 4.13. The number of fused-ring (bicyclic) bond motifs is 3. The van der Waals surface area contributed by atoms with Gasteiger partial charge in [-0.25, -0.2) is 9.97 Å². The van der Waals surface area contributed by atoms with Crippen molar-refractivity contribution >= 4 is 39.1 Å². The number of benzene rings is 1. The number of rotatable bonds is 6. The van der Waals surface area contributed by atoms with Gasteiger partial charge in [-0.15, -0.1) is 23.1 Å². The lowest BCUT2D eigenvalue weighted by atomic mass is 10.2. The van der Waals surface area contributed by atoms with Crippen molar-refractivity contribution in [3.63, 3.8) is 0 Å². The van der Waals surface area contributed by atoms with Crippen LogP contribution in [0.4, 0.5) is 5.82 Å². The Hall–Kier alpha value is -1.59.